The van der Waals surface area contributed by atoms with Crippen molar-refractivity contribution >= 4 is 34.1 Å². The molecule has 2 atom stereocenters. The highest BCUT2D eigenvalue weighted by Gasteiger charge is 2.28. The fourth-order valence-electron chi connectivity index (χ4n) is 3.37. The highest BCUT2D eigenvalue weighted by Crippen LogP contribution is 2.33. The maximum Gasteiger partial charge on any atom is 0.324 e. The summed E-state index contributed by atoms with van der Waals surface area (Å²) in [6.07, 6.45) is 1.15. The van der Waals surface area contributed by atoms with Crippen LogP contribution in [0.1, 0.15) is 25.5 Å². The van der Waals surface area contributed by atoms with E-state index < -0.39 is 18.1 Å². The van der Waals surface area contributed by atoms with Crippen LogP contribution in [0.5, 0.6) is 5.88 Å². The standard InChI is InChI=1S/C22H23ClFN3O3/c1-13(18-12-25-21(30-4)17-8-6-5-7-16(17)18)27(14(2)29-3)22(28)26-15-9-10-20(24)19(23)11-15/h5-14H,1-4H3,(H,26,28). The zero-order chi connectivity index (χ0) is 21.8. The minimum absolute atomic E-state index is 0.0717. The smallest absolute Gasteiger partial charge is 0.324 e. The zero-order valence-electron chi connectivity index (χ0n) is 17.1. The molecule has 6 nitrogen and oxygen atoms in total. The van der Waals surface area contributed by atoms with E-state index in [1.54, 1.807) is 25.1 Å². The van der Waals surface area contributed by atoms with E-state index in [1.807, 2.05) is 31.2 Å². The molecule has 0 aliphatic heterocycles. The van der Waals surface area contributed by atoms with E-state index >= 15 is 0 Å². The van der Waals surface area contributed by atoms with Crippen LogP contribution in [0.2, 0.25) is 5.02 Å². The van der Waals surface area contributed by atoms with Gasteiger partial charge in [0.05, 0.1) is 18.2 Å². The van der Waals surface area contributed by atoms with E-state index in [0.29, 0.717) is 11.6 Å². The van der Waals surface area contributed by atoms with Crippen LogP contribution >= 0.6 is 11.6 Å². The van der Waals surface area contributed by atoms with Gasteiger partial charge in [-0.05, 0) is 43.5 Å². The number of rotatable bonds is 6. The van der Waals surface area contributed by atoms with Crippen molar-refractivity contribution in [2.24, 2.45) is 0 Å². The predicted molar refractivity (Wildman–Crippen MR) is 115 cm³/mol. The van der Waals surface area contributed by atoms with Crippen LogP contribution in [-0.2, 0) is 4.74 Å². The van der Waals surface area contributed by atoms with Gasteiger partial charge in [-0.15, -0.1) is 0 Å². The first kappa shape index (κ1) is 21.8. The molecule has 3 rings (SSSR count). The number of benzene rings is 2. The van der Waals surface area contributed by atoms with E-state index in [-0.39, 0.29) is 11.1 Å². The minimum Gasteiger partial charge on any atom is -0.481 e. The van der Waals surface area contributed by atoms with Crippen molar-refractivity contribution in [1.29, 1.82) is 0 Å². The van der Waals surface area contributed by atoms with Crippen LogP contribution in [0.15, 0.2) is 48.7 Å². The van der Waals surface area contributed by atoms with Gasteiger partial charge in [0.2, 0.25) is 5.88 Å². The molecule has 0 spiro atoms. The number of anilines is 1. The summed E-state index contributed by atoms with van der Waals surface area (Å²) in [5.41, 5.74) is 1.22. The lowest BCUT2D eigenvalue weighted by Crippen LogP contribution is -2.44. The second-order valence-corrected chi connectivity index (χ2v) is 7.15. The normalized spacial score (nSPS) is 13.0. The molecule has 0 fully saturated rings. The van der Waals surface area contributed by atoms with Crippen LogP contribution in [0.25, 0.3) is 10.8 Å². The number of carbonyl (C=O) groups is 1. The molecule has 1 heterocycles. The largest absolute Gasteiger partial charge is 0.481 e. The van der Waals surface area contributed by atoms with Crippen LogP contribution in [-0.4, -0.2) is 36.4 Å². The van der Waals surface area contributed by atoms with Crippen LogP contribution < -0.4 is 10.1 Å². The third-order valence-corrected chi connectivity index (χ3v) is 5.28. The summed E-state index contributed by atoms with van der Waals surface area (Å²) < 4.78 is 24.3. The molecule has 3 aromatic rings. The van der Waals surface area contributed by atoms with E-state index in [1.165, 1.54) is 25.3 Å². The molecule has 0 saturated carbocycles. The maximum atomic E-state index is 13.4. The molecule has 8 heteroatoms. The number of hydrogen-bond donors (Lipinski definition) is 1. The molecule has 0 aliphatic carbocycles. The van der Waals surface area contributed by atoms with Gasteiger partial charge >= 0.3 is 6.03 Å². The second kappa shape index (κ2) is 9.28. The summed E-state index contributed by atoms with van der Waals surface area (Å²) in [7, 11) is 3.09. The van der Waals surface area contributed by atoms with Gasteiger partial charge in [-0.2, -0.15) is 0 Å². The van der Waals surface area contributed by atoms with Gasteiger partial charge in [0.25, 0.3) is 0 Å². The number of nitrogens with zero attached hydrogens (tertiary/aromatic N) is 2. The Balaban J connectivity index is 1.98. The molecular formula is C22H23ClFN3O3. The number of methoxy groups -OCH3 is 2. The van der Waals surface area contributed by atoms with E-state index in [4.69, 9.17) is 21.1 Å². The van der Waals surface area contributed by atoms with Gasteiger partial charge in [0.15, 0.2) is 0 Å². The van der Waals surface area contributed by atoms with Crippen molar-refractivity contribution in [2.45, 2.75) is 26.1 Å². The number of fused-ring (bicyclic) bond motifs is 1. The number of pyridine rings is 1. The van der Waals surface area contributed by atoms with Crippen molar-refractivity contribution in [3.63, 3.8) is 0 Å². The number of nitrogens with one attached hydrogen (secondary N) is 1. The molecule has 30 heavy (non-hydrogen) atoms. The number of aromatic nitrogens is 1. The van der Waals surface area contributed by atoms with Gasteiger partial charge in [-0.1, -0.05) is 29.8 Å². The first-order valence-corrected chi connectivity index (χ1v) is 9.74. The van der Waals surface area contributed by atoms with Gasteiger partial charge < -0.3 is 14.8 Å². The molecule has 0 aliphatic rings. The number of ether oxygens (including phenoxy) is 2. The molecular weight excluding hydrogens is 409 g/mol. The monoisotopic (exact) mass is 431 g/mol. The lowest BCUT2D eigenvalue weighted by Gasteiger charge is -2.34. The quantitative estimate of drug-likeness (QED) is 0.514. The van der Waals surface area contributed by atoms with Crippen molar-refractivity contribution in [1.82, 2.24) is 9.88 Å². The summed E-state index contributed by atoms with van der Waals surface area (Å²) in [5, 5.41) is 4.45. The zero-order valence-corrected chi connectivity index (χ0v) is 17.9. The van der Waals surface area contributed by atoms with Crippen LogP contribution in [0.3, 0.4) is 0 Å². The van der Waals surface area contributed by atoms with Crippen molar-refractivity contribution in [2.75, 3.05) is 19.5 Å². The van der Waals surface area contributed by atoms with E-state index in [2.05, 4.69) is 10.3 Å². The predicted octanol–water partition coefficient (Wildman–Crippen LogP) is 5.62. The Labute approximate surface area is 179 Å². The highest BCUT2D eigenvalue weighted by atomic mass is 35.5. The van der Waals surface area contributed by atoms with Crippen molar-refractivity contribution in [3.8, 4) is 5.88 Å². The van der Waals surface area contributed by atoms with E-state index in [0.717, 1.165) is 16.3 Å². The molecule has 2 amide bonds. The first-order chi connectivity index (χ1) is 14.4. The summed E-state index contributed by atoms with van der Waals surface area (Å²) in [4.78, 5) is 19.1. The molecule has 2 unspecified atom stereocenters. The van der Waals surface area contributed by atoms with Gasteiger partial charge in [0, 0.05) is 29.9 Å². The molecule has 0 saturated heterocycles. The van der Waals surface area contributed by atoms with Crippen molar-refractivity contribution < 1.29 is 18.7 Å². The van der Waals surface area contributed by atoms with Crippen LogP contribution in [0, 0.1) is 5.82 Å². The lowest BCUT2D eigenvalue weighted by atomic mass is 10.0. The number of carbonyl (C=O) groups excluding carboxylic acids is 1. The first-order valence-electron chi connectivity index (χ1n) is 9.36. The average molecular weight is 432 g/mol. The highest BCUT2D eigenvalue weighted by molar-refractivity contribution is 6.31. The molecule has 1 N–H and O–H groups in total. The molecule has 2 aromatic carbocycles. The Kier molecular flexibility index (Phi) is 6.74. The molecule has 158 valence electrons. The summed E-state index contributed by atoms with van der Waals surface area (Å²) in [6.45, 7) is 3.66. The lowest BCUT2D eigenvalue weighted by molar-refractivity contribution is -0.00881. The molecule has 1 aromatic heterocycles. The number of halogens is 2. The number of amides is 2. The number of urea groups is 1. The molecule has 0 bridgehead atoms. The van der Waals surface area contributed by atoms with Gasteiger partial charge in [-0.3, -0.25) is 4.90 Å². The fourth-order valence-corrected chi connectivity index (χ4v) is 3.55. The van der Waals surface area contributed by atoms with E-state index in [9.17, 15) is 9.18 Å². The Hall–Kier alpha value is -2.90. The Morgan fingerprint density at radius 1 is 1.17 bits per heavy atom. The average Bonchev–Trinajstić information content (AvgIpc) is 2.75. The SMILES string of the molecule is COc1ncc(C(C)N(C(=O)Nc2ccc(F)c(Cl)c2)C(C)OC)c2ccccc12. The van der Waals surface area contributed by atoms with Crippen molar-refractivity contribution in [3.05, 3.63) is 65.1 Å². The fraction of sp³-hybridized carbons (Fsp3) is 0.273. The summed E-state index contributed by atoms with van der Waals surface area (Å²) >= 11 is 5.83. The van der Waals surface area contributed by atoms with Gasteiger partial charge in [-0.25, -0.2) is 14.2 Å². The van der Waals surface area contributed by atoms with Crippen LogP contribution in [0.4, 0.5) is 14.9 Å². The molecule has 0 radical (unpaired) electrons. The topological polar surface area (TPSA) is 63.7 Å². The van der Waals surface area contributed by atoms with Gasteiger partial charge in [0.1, 0.15) is 12.0 Å². The maximum absolute atomic E-state index is 13.4. The Bertz CT molecular complexity index is 1060. The summed E-state index contributed by atoms with van der Waals surface area (Å²) in [5.74, 6) is -0.0424. The second-order valence-electron chi connectivity index (χ2n) is 6.75. The Morgan fingerprint density at radius 2 is 1.87 bits per heavy atom. The minimum atomic E-state index is -0.555. The third kappa shape index (κ3) is 4.32. The Morgan fingerprint density at radius 3 is 2.50 bits per heavy atom. The summed E-state index contributed by atoms with van der Waals surface area (Å²) in [6, 6.07) is 10.9. The number of hydrogen-bond acceptors (Lipinski definition) is 4. The third-order valence-electron chi connectivity index (χ3n) is 4.99.